The van der Waals surface area contributed by atoms with Gasteiger partial charge in [-0.25, -0.2) is 4.39 Å². The minimum Gasteiger partial charge on any atom is -0.481 e. The fourth-order valence-electron chi connectivity index (χ4n) is 5.00. The second-order valence-electron chi connectivity index (χ2n) is 11.8. The zero-order valence-corrected chi connectivity index (χ0v) is 30.0. The topological polar surface area (TPSA) is 73.7 Å². The molecule has 0 fully saturated rings. The van der Waals surface area contributed by atoms with Crippen LogP contribution in [0.25, 0.3) is 16.8 Å². The summed E-state index contributed by atoms with van der Waals surface area (Å²) in [5.41, 5.74) is 8.00. The molecule has 0 radical (unpaired) electrons. The van der Waals surface area contributed by atoms with Gasteiger partial charge < -0.3 is 14.5 Å². The third-order valence-electron chi connectivity index (χ3n) is 6.69. The number of carboxylic acids is 1. The van der Waals surface area contributed by atoms with Crippen molar-refractivity contribution in [1.82, 2.24) is 4.98 Å². The molecule has 2 aliphatic rings. The highest BCUT2D eigenvalue weighted by Gasteiger charge is 2.35. The highest BCUT2D eigenvalue weighted by atomic mass is 32.2. The van der Waals surface area contributed by atoms with Crippen molar-refractivity contribution in [2.45, 2.75) is 114 Å². The maximum absolute atomic E-state index is 14.2. The Morgan fingerprint density at radius 3 is 2.14 bits per heavy atom. The lowest BCUT2D eigenvalue weighted by molar-refractivity contribution is -0.136. The van der Waals surface area contributed by atoms with Gasteiger partial charge in [0.15, 0.2) is 0 Å². The number of aliphatic hydroxyl groups is 1. The number of benzene rings is 1. The molecule has 0 unspecified atom stereocenters. The second-order valence-corrected chi connectivity index (χ2v) is 13.0. The van der Waals surface area contributed by atoms with Crippen molar-refractivity contribution >= 4 is 29.2 Å². The Hall–Kier alpha value is -3.08. The van der Waals surface area contributed by atoms with Crippen molar-refractivity contribution in [2.75, 3.05) is 10.1 Å². The van der Waals surface area contributed by atoms with Gasteiger partial charge in [-0.1, -0.05) is 66.7 Å². The first-order valence-corrected chi connectivity index (χ1v) is 16.4. The highest BCUT2D eigenvalue weighted by molar-refractivity contribution is 8.00. The fraction of sp³-hybridized carbons (Fsp3) is 0.514. The number of aliphatic carboxylic acids is 1. The van der Waals surface area contributed by atoms with Gasteiger partial charge in [0.25, 0.3) is 0 Å². The summed E-state index contributed by atoms with van der Waals surface area (Å²) in [7, 11) is 0. The van der Waals surface area contributed by atoms with Crippen LogP contribution in [-0.2, 0) is 11.2 Å². The first kappa shape index (κ1) is 40.9. The van der Waals surface area contributed by atoms with Crippen LogP contribution in [0.1, 0.15) is 116 Å². The van der Waals surface area contributed by atoms with Crippen molar-refractivity contribution < 1.29 is 19.4 Å². The van der Waals surface area contributed by atoms with Gasteiger partial charge in [0.2, 0.25) is 0 Å². The Morgan fingerprint density at radius 1 is 1.14 bits per heavy atom. The molecule has 2 aromatic rings. The number of aromatic nitrogens is 1. The molecule has 4 rings (SSSR count). The third kappa shape index (κ3) is 10.5. The van der Waals surface area contributed by atoms with E-state index in [0.717, 1.165) is 62.5 Å². The van der Waals surface area contributed by atoms with E-state index >= 15 is 0 Å². The molecular weight excluding hydrogens is 571 g/mol. The minimum absolute atomic E-state index is 0.0490. The number of halogens is 1. The second kappa shape index (κ2) is 18.0. The molecule has 1 aromatic heterocycles. The van der Waals surface area contributed by atoms with Crippen LogP contribution in [0.4, 0.5) is 10.1 Å². The SMILES string of the molecule is C#C.CC.CC.CC(C)(C)O.CCSN1c2c(C)c(CC(=O)O)c(C3=CCC(C)(C)C=C3)c(C)c2-c2ncc(F)cc2[C@@H]1C. The molecule has 2 heterocycles. The molecule has 1 atom stereocenters. The molecule has 244 valence electrons. The number of anilines is 1. The number of pyridine rings is 1. The molecule has 1 aliphatic heterocycles. The van der Waals surface area contributed by atoms with E-state index in [0.29, 0.717) is 0 Å². The maximum atomic E-state index is 14.2. The maximum Gasteiger partial charge on any atom is 0.307 e. The average molecular weight is 627 g/mol. The molecule has 0 saturated carbocycles. The zero-order chi connectivity index (χ0) is 34.6. The molecule has 0 bridgehead atoms. The molecule has 0 saturated heterocycles. The van der Waals surface area contributed by atoms with Crippen LogP contribution in [0.2, 0.25) is 0 Å². The van der Waals surface area contributed by atoms with Crippen LogP contribution in [0.5, 0.6) is 0 Å². The largest absolute Gasteiger partial charge is 0.481 e. The monoisotopic (exact) mass is 626 g/mol. The molecule has 2 N–H and O–H groups in total. The molecule has 0 spiro atoms. The predicted octanol–water partition coefficient (Wildman–Crippen LogP) is 10.1. The number of rotatable bonds is 5. The minimum atomic E-state index is -0.849. The van der Waals surface area contributed by atoms with Gasteiger partial charge in [0.05, 0.1) is 35.6 Å². The van der Waals surface area contributed by atoms with E-state index in [1.807, 2.05) is 41.5 Å². The number of hydrogen-bond acceptors (Lipinski definition) is 5. The van der Waals surface area contributed by atoms with Crippen molar-refractivity contribution in [2.24, 2.45) is 5.41 Å². The van der Waals surface area contributed by atoms with Crippen molar-refractivity contribution in [1.29, 1.82) is 0 Å². The molecule has 0 amide bonds. The Labute approximate surface area is 271 Å². The van der Waals surface area contributed by atoms with E-state index in [1.54, 1.807) is 38.8 Å². The summed E-state index contributed by atoms with van der Waals surface area (Å²) < 4.78 is 16.4. The van der Waals surface area contributed by atoms with Crippen molar-refractivity contribution in [3.05, 3.63) is 64.1 Å². The van der Waals surface area contributed by atoms with Crippen LogP contribution < -0.4 is 4.31 Å². The number of fused-ring (bicyclic) bond motifs is 3. The lowest BCUT2D eigenvalue weighted by atomic mass is 9.77. The summed E-state index contributed by atoms with van der Waals surface area (Å²) in [6.07, 6.45) is 16.6. The number of nitrogens with zero attached hydrogens (tertiary/aromatic N) is 2. The molecule has 1 aromatic carbocycles. The van der Waals surface area contributed by atoms with E-state index in [9.17, 15) is 14.3 Å². The Morgan fingerprint density at radius 2 is 1.68 bits per heavy atom. The Bertz CT molecular complexity index is 1330. The Kier molecular flexibility index (Phi) is 16.8. The molecule has 44 heavy (non-hydrogen) atoms. The van der Waals surface area contributed by atoms with E-state index in [1.165, 1.54) is 6.20 Å². The van der Waals surface area contributed by atoms with Crippen LogP contribution in [0, 0.1) is 37.9 Å². The van der Waals surface area contributed by atoms with Crippen LogP contribution in [-0.4, -0.2) is 32.5 Å². The number of allylic oxidation sites excluding steroid dienone is 4. The van der Waals surface area contributed by atoms with E-state index in [-0.39, 0.29) is 23.7 Å². The summed E-state index contributed by atoms with van der Waals surface area (Å²) in [6, 6.07) is 1.50. The zero-order valence-electron chi connectivity index (χ0n) is 29.2. The van der Waals surface area contributed by atoms with E-state index < -0.39 is 11.6 Å². The first-order chi connectivity index (χ1) is 20.6. The number of carboxylic acid groups (broad SMARTS) is 1. The van der Waals surface area contributed by atoms with Gasteiger partial charge >= 0.3 is 5.97 Å². The van der Waals surface area contributed by atoms with Gasteiger partial charge in [-0.05, 0) is 99.2 Å². The van der Waals surface area contributed by atoms with E-state index in [4.69, 9.17) is 5.11 Å². The van der Waals surface area contributed by atoms with Gasteiger partial charge in [0, 0.05) is 16.9 Å². The van der Waals surface area contributed by atoms with Gasteiger partial charge in [0.1, 0.15) is 5.82 Å². The normalized spacial score (nSPS) is 15.6. The van der Waals surface area contributed by atoms with Gasteiger partial charge in [-0.15, -0.1) is 12.8 Å². The lowest BCUT2D eigenvalue weighted by Gasteiger charge is -2.40. The van der Waals surface area contributed by atoms with E-state index in [2.05, 4.69) is 68.1 Å². The van der Waals surface area contributed by atoms with Crippen LogP contribution in [0.3, 0.4) is 0 Å². The average Bonchev–Trinajstić information content (AvgIpc) is 2.96. The smallest absolute Gasteiger partial charge is 0.307 e. The summed E-state index contributed by atoms with van der Waals surface area (Å²) in [5, 5.41) is 18.3. The third-order valence-corrected chi connectivity index (χ3v) is 7.72. The Balaban J connectivity index is 0.00000148. The summed E-state index contributed by atoms with van der Waals surface area (Å²) >= 11 is 1.67. The number of carbonyl (C=O) groups is 1. The van der Waals surface area contributed by atoms with Gasteiger partial charge in [-0.2, -0.15) is 0 Å². The highest BCUT2D eigenvalue weighted by Crippen LogP contribution is 2.53. The standard InChI is InChI=1S/C27H31FN2O2S.C4H10O.2C2H6.C2H2/c1-7-33-30-17(4)21-12-19(28)14-29-25(21)24-16(3)23(18-8-10-27(5,6)11-9-18)20(13-22(31)32)15(2)26(24)30;1-4(2,3)5;3*1-2/h8-10,12,14,17H,7,11,13H2,1-6H3,(H,31,32);5H,1-3H3;2*1-2H3;1-2H/t17-;;;;/m0..../s1. The van der Waals surface area contributed by atoms with Crippen LogP contribution >= 0.6 is 11.9 Å². The number of hydrogen-bond donors (Lipinski definition) is 2. The van der Waals surface area contributed by atoms with Crippen LogP contribution in [0.15, 0.2) is 30.5 Å². The lowest BCUT2D eigenvalue weighted by Crippen LogP contribution is -2.28. The number of terminal acetylenes is 1. The van der Waals surface area contributed by atoms with Crippen molar-refractivity contribution in [3.8, 4) is 24.1 Å². The summed E-state index contributed by atoms with van der Waals surface area (Å²) in [4.78, 5) is 16.5. The fourth-order valence-corrected chi connectivity index (χ4v) is 5.98. The quantitative estimate of drug-likeness (QED) is 0.254. The molecule has 7 heteroatoms. The first-order valence-electron chi connectivity index (χ1n) is 15.5. The summed E-state index contributed by atoms with van der Waals surface area (Å²) in [5.74, 6) is -0.347. The van der Waals surface area contributed by atoms with Crippen molar-refractivity contribution in [3.63, 3.8) is 0 Å². The molecular formula is C37H55FN2O3S. The molecule has 5 nitrogen and oxygen atoms in total. The van der Waals surface area contributed by atoms with Gasteiger partial charge in [-0.3, -0.25) is 9.78 Å². The summed E-state index contributed by atoms with van der Waals surface area (Å²) in [6.45, 7) is 25.8. The molecule has 1 aliphatic carbocycles. The predicted molar refractivity (Wildman–Crippen MR) is 190 cm³/mol.